The summed E-state index contributed by atoms with van der Waals surface area (Å²) in [6.45, 7) is 4.36. The lowest BCUT2D eigenvalue weighted by molar-refractivity contribution is -0.136. The molecule has 2 aromatic rings. The molecule has 0 unspecified atom stereocenters. The monoisotopic (exact) mass is 415 g/mol. The first-order valence-corrected chi connectivity index (χ1v) is 10.1. The Morgan fingerprint density at radius 2 is 1.90 bits per heavy atom. The van der Waals surface area contributed by atoms with Gasteiger partial charge in [-0.2, -0.15) is 0 Å². The Morgan fingerprint density at radius 1 is 1.17 bits per heavy atom. The normalized spacial score (nSPS) is 15.0. The fourth-order valence-electron chi connectivity index (χ4n) is 3.83. The van der Waals surface area contributed by atoms with E-state index in [9.17, 15) is 18.4 Å². The van der Waals surface area contributed by atoms with Crippen LogP contribution in [-0.2, 0) is 22.6 Å². The zero-order valence-corrected chi connectivity index (χ0v) is 17.5. The van der Waals surface area contributed by atoms with Crippen molar-refractivity contribution < 1.29 is 18.4 Å². The van der Waals surface area contributed by atoms with Crippen LogP contribution in [0.25, 0.3) is 0 Å². The van der Waals surface area contributed by atoms with Crippen LogP contribution in [0, 0.1) is 18.6 Å². The summed E-state index contributed by atoms with van der Waals surface area (Å²) in [5, 5.41) is 3.04. The van der Waals surface area contributed by atoms with E-state index in [1.807, 2.05) is 31.2 Å². The lowest BCUT2D eigenvalue weighted by Gasteiger charge is -2.24. The summed E-state index contributed by atoms with van der Waals surface area (Å²) in [4.78, 5) is 29.0. The Kier molecular flexibility index (Phi) is 6.82. The predicted octanol–water partition coefficient (Wildman–Crippen LogP) is 3.19. The van der Waals surface area contributed by atoms with Crippen LogP contribution in [0.3, 0.4) is 0 Å². The molecule has 0 bridgehead atoms. The fourth-order valence-corrected chi connectivity index (χ4v) is 3.83. The van der Waals surface area contributed by atoms with Gasteiger partial charge in [-0.05, 0) is 50.1 Å². The number of aryl methyl sites for hydroxylation is 1. The highest BCUT2D eigenvalue weighted by Gasteiger charge is 2.29. The van der Waals surface area contributed by atoms with Crippen molar-refractivity contribution in [3.63, 3.8) is 0 Å². The van der Waals surface area contributed by atoms with E-state index in [1.54, 1.807) is 23.8 Å². The van der Waals surface area contributed by atoms with Gasteiger partial charge in [-0.25, -0.2) is 8.78 Å². The van der Waals surface area contributed by atoms with E-state index in [0.29, 0.717) is 24.2 Å². The van der Waals surface area contributed by atoms with Gasteiger partial charge in [-0.3, -0.25) is 9.59 Å². The second-order valence-corrected chi connectivity index (χ2v) is 7.60. The van der Waals surface area contributed by atoms with Crippen LogP contribution in [0.15, 0.2) is 36.4 Å². The molecule has 0 saturated heterocycles. The molecule has 3 rings (SSSR count). The number of rotatable bonds is 6. The molecule has 0 radical (unpaired) electrons. The molecule has 1 aliphatic rings. The minimum Gasteiger partial charge on any atom is -0.329 e. The van der Waals surface area contributed by atoms with E-state index in [2.05, 4.69) is 5.32 Å². The Hall–Kier alpha value is -2.80. The third kappa shape index (κ3) is 4.67. The standard InChI is InChI=1S/C23H27F2N3O2/c1-4-28-21-8-6-5-7-16(21)13-27(14-23(28)30)22(29)11-18(26-3)10-17-9-15(2)19(24)12-20(17)25/h5-9,12,18,26H,4,10-11,13-14H2,1-3H3/t18-/m1/s1. The number of nitrogens with one attached hydrogen (secondary N) is 1. The molecule has 1 atom stereocenters. The van der Waals surface area contributed by atoms with Crippen molar-refractivity contribution in [2.45, 2.75) is 39.3 Å². The molecule has 0 spiro atoms. The van der Waals surface area contributed by atoms with Gasteiger partial charge in [-0.15, -0.1) is 0 Å². The van der Waals surface area contributed by atoms with Gasteiger partial charge < -0.3 is 15.1 Å². The smallest absolute Gasteiger partial charge is 0.246 e. The molecular formula is C23H27F2N3O2. The summed E-state index contributed by atoms with van der Waals surface area (Å²) in [6, 6.07) is 9.59. The number of hydrogen-bond donors (Lipinski definition) is 1. The molecule has 0 fully saturated rings. The molecule has 1 aliphatic heterocycles. The molecule has 30 heavy (non-hydrogen) atoms. The average molecular weight is 415 g/mol. The highest BCUT2D eigenvalue weighted by molar-refractivity contribution is 5.98. The van der Waals surface area contributed by atoms with Crippen LogP contribution in [0.2, 0.25) is 0 Å². The second kappa shape index (κ2) is 9.34. The number of nitrogens with zero attached hydrogens (tertiary/aromatic N) is 2. The number of anilines is 1. The predicted molar refractivity (Wildman–Crippen MR) is 112 cm³/mol. The van der Waals surface area contributed by atoms with Crippen molar-refractivity contribution in [3.8, 4) is 0 Å². The average Bonchev–Trinajstić information content (AvgIpc) is 2.86. The maximum atomic E-state index is 14.2. The molecule has 0 aromatic heterocycles. The van der Waals surface area contributed by atoms with Crippen LogP contribution >= 0.6 is 0 Å². The number of carbonyl (C=O) groups excluding carboxylic acids is 2. The van der Waals surface area contributed by atoms with E-state index in [0.717, 1.165) is 17.3 Å². The number of amides is 2. The van der Waals surface area contributed by atoms with E-state index >= 15 is 0 Å². The van der Waals surface area contributed by atoms with Gasteiger partial charge in [0, 0.05) is 37.3 Å². The number of likely N-dealkylation sites (N-methyl/N-ethyl adjacent to an activating group) is 2. The van der Waals surface area contributed by atoms with Gasteiger partial charge in [0.1, 0.15) is 18.2 Å². The largest absolute Gasteiger partial charge is 0.329 e. The van der Waals surface area contributed by atoms with Gasteiger partial charge in [0.15, 0.2) is 0 Å². The number of benzene rings is 2. The molecule has 7 heteroatoms. The van der Waals surface area contributed by atoms with Crippen molar-refractivity contribution in [2.24, 2.45) is 0 Å². The van der Waals surface area contributed by atoms with Gasteiger partial charge in [-0.1, -0.05) is 24.3 Å². The number of carbonyl (C=O) groups is 2. The molecule has 160 valence electrons. The van der Waals surface area contributed by atoms with E-state index in [1.165, 1.54) is 6.07 Å². The number of para-hydroxylation sites is 1. The summed E-state index contributed by atoms with van der Waals surface area (Å²) < 4.78 is 27.7. The third-order valence-corrected chi connectivity index (χ3v) is 5.56. The number of hydrogen-bond acceptors (Lipinski definition) is 3. The number of halogens is 2. The summed E-state index contributed by atoms with van der Waals surface area (Å²) in [5.41, 5.74) is 2.46. The van der Waals surface area contributed by atoms with Crippen molar-refractivity contribution in [1.82, 2.24) is 10.2 Å². The first-order chi connectivity index (χ1) is 14.3. The summed E-state index contributed by atoms with van der Waals surface area (Å²) in [7, 11) is 1.70. The minimum atomic E-state index is -0.622. The maximum absolute atomic E-state index is 14.2. The van der Waals surface area contributed by atoms with E-state index in [4.69, 9.17) is 0 Å². The summed E-state index contributed by atoms with van der Waals surface area (Å²) in [5.74, 6) is -1.52. The molecule has 2 aromatic carbocycles. The zero-order valence-electron chi connectivity index (χ0n) is 17.5. The fraction of sp³-hybridized carbons (Fsp3) is 0.391. The van der Waals surface area contributed by atoms with E-state index in [-0.39, 0.29) is 37.2 Å². The summed E-state index contributed by atoms with van der Waals surface area (Å²) in [6.07, 6.45) is 0.350. The van der Waals surface area contributed by atoms with Crippen LogP contribution in [0.1, 0.15) is 30.0 Å². The highest BCUT2D eigenvalue weighted by atomic mass is 19.1. The Balaban J connectivity index is 1.76. The van der Waals surface area contributed by atoms with Crippen LogP contribution in [-0.4, -0.2) is 42.9 Å². The molecule has 1 N–H and O–H groups in total. The van der Waals surface area contributed by atoms with E-state index < -0.39 is 11.6 Å². The molecule has 0 aliphatic carbocycles. The highest BCUT2D eigenvalue weighted by Crippen LogP contribution is 2.26. The Bertz CT molecular complexity index is 948. The molecule has 5 nitrogen and oxygen atoms in total. The zero-order chi connectivity index (χ0) is 21.8. The first-order valence-electron chi connectivity index (χ1n) is 10.1. The first kappa shape index (κ1) is 21.9. The van der Waals surface area contributed by atoms with Crippen LogP contribution in [0.4, 0.5) is 14.5 Å². The topological polar surface area (TPSA) is 52.7 Å². The van der Waals surface area contributed by atoms with Crippen molar-refractivity contribution >= 4 is 17.5 Å². The summed E-state index contributed by atoms with van der Waals surface area (Å²) >= 11 is 0. The molecule has 1 heterocycles. The van der Waals surface area contributed by atoms with Crippen molar-refractivity contribution in [3.05, 3.63) is 64.7 Å². The lowest BCUT2D eigenvalue weighted by Crippen LogP contribution is -2.42. The quantitative estimate of drug-likeness (QED) is 0.789. The van der Waals surface area contributed by atoms with Crippen LogP contribution in [0.5, 0.6) is 0 Å². The Labute approximate surface area is 175 Å². The van der Waals surface area contributed by atoms with Gasteiger partial charge in [0.05, 0.1) is 0 Å². The van der Waals surface area contributed by atoms with Crippen molar-refractivity contribution in [1.29, 1.82) is 0 Å². The van der Waals surface area contributed by atoms with Gasteiger partial charge in [0.25, 0.3) is 0 Å². The maximum Gasteiger partial charge on any atom is 0.246 e. The molecule has 2 amide bonds. The molecular weight excluding hydrogens is 388 g/mol. The second-order valence-electron chi connectivity index (χ2n) is 7.60. The Morgan fingerprint density at radius 3 is 2.60 bits per heavy atom. The minimum absolute atomic E-state index is 0.00179. The SMILES string of the molecule is CCN1C(=O)CN(C(=O)C[C@@H](Cc2cc(C)c(F)cc2F)NC)Cc2ccccc21. The third-order valence-electron chi connectivity index (χ3n) is 5.56. The van der Waals surface area contributed by atoms with Crippen LogP contribution < -0.4 is 10.2 Å². The van der Waals surface area contributed by atoms with Gasteiger partial charge >= 0.3 is 0 Å². The van der Waals surface area contributed by atoms with Crippen molar-refractivity contribution in [2.75, 3.05) is 25.0 Å². The number of fused-ring (bicyclic) bond motifs is 1. The molecule has 0 saturated carbocycles. The van der Waals surface area contributed by atoms with Gasteiger partial charge in [0.2, 0.25) is 11.8 Å². The lowest BCUT2D eigenvalue weighted by atomic mass is 10.00.